The molecule has 3 amide bonds. The zero-order valence-corrected chi connectivity index (χ0v) is 26.7. The molecule has 0 aliphatic carbocycles. The summed E-state index contributed by atoms with van der Waals surface area (Å²) in [5.74, 6) is -1.17. The van der Waals surface area contributed by atoms with Crippen LogP contribution in [0.5, 0.6) is 0 Å². The van der Waals surface area contributed by atoms with Gasteiger partial charge in [-0.1, -0.05) is 71.4 Å². The third-order valence-corrected chi connectivity index (χ3v) is 9.67. The summed E-state index contributed by atoms with van der Waals surface area (Å²) < 4.78 is 0.742. The average Bonchev–Trinajstić information content (AvgIpc) is 3.26. The molecule has 0 saturated carbocycles. The Morgan fingerprint density at radius 1 is 1.11 bits per heavy atom. The molecule has 3 heterocycles. The molecule has 1 saturated heterocycles. The van der Waals surface area contributed by atoms with Crippen molar-refractivity contribution in [3.63, 3.8) is 0 Å². The molecule has 0 spiro atoms. The van der Waals surface area contributed by atoms with Crippen LogP contribution in [0.4, 0.5) is 11.4 Å². The lowest BCUT2D eigenvalue weighted by Crippen LogP contribution is -2.48. The minimum absolute atomic E-state index is 0.0199. The SMILES string of the molecule is C[C@H](/C=C/CC(=O)N1Cc2ccccc2C[C@H]1CO)[C@@]1(O)C(=O)N(Cc2ccc(N3CCNCC3=O)cc2)c2ccc(Br)cc21. The third-order valence-electron chi connectivity index (χ3n) is 9.17. The lowest BCUT2D eigenvalue weighted by atomic mass is 9.83. The van der Waals surface area contributed by atoms with Crippen molar-refractivity contribution in [3.8, 4) is 0 Å². The number of fused-ring (bicyclic) bond motifs is 2. The molecule has 3 N–H and O–H groups in total. The Balaban J connectivity index is 1.18. The first-order valence-electron chi connectivity index (χ1n) is 15.3. The van der Waals surface area contributed by atoms with Crippen LogP contribution in [0.1, 0.15) is 35.6 Å². The molecular formula is C35H37BrN4O5. The topological polar surface area (TPSA) is 113 Å². The molecule has 3 atom stereocenters. The van der Waals surface area contributed by atoms with Crippen molar-refractivity contribution in [2.45, 2.75) is 44.5 Å². The fourth-order valence-corrected chi connectivity index (χ4v) is 6.95. The van der Waals surface area contributed by atoms with Crippen LogP contribution >= 0.6 is 15.9 Å². The van der Waals surface area contributed by atoms with Crippen molar-refractivity contribution in [1.82, 2.24) is 10.2 Å². The molecule has 3 aliphatic rings. The number of benzene rings is 3. The van der Waals surface area contributed by atoms with Crippen LogP contribution in [-0.4, -0.2) is 65.1 Å². The van der Waals surface area contributed by atoms with Crippen LogP contribution < -0.4 is 15.1 Å². The van der Waals surface area contributed by atoms with Gasteiger partial charge in [0.25, 0.3) is 5.91 Å². The number of hydrogen-bond donors (Lipinski definition) is 3. The van der Waals surface area contributed by atoms with Gasteiger partial charge in [-0.3, -0.25) is 14.4 Å². The molecule has 0 radical (unpaired) electrons. The predicted octanol–water partition coefficient (Wildman–Crippen LogP) is 3.65. The number of hydrogen-bond acceptors (Lipinski definition) is 6. The van der Waals surface area contributed by atoms with Crippen molar-refractivity contribution in [3.05, 3.63) is 106 Å². The van der Waals surface area contributed by atoms with E-state index >= 15 is 0 Å². The van der Waals surface area contributed by atoms with E-state index < -0.39 is 17.4 Å². The first kappa shape index (κ1) is 31.2. The van der Waals surface area contributed by atoms with Gasteiger partial charge in [-0.15, -0.1) is 0 Å². The summed E-state index contributed by atoms with van der Waals surface area (Å²) >= 11 is 3.50. The molecule has 9 nitrogen and oxygen atoms in total. The second-order valence-electron chi connectivity index (χ2n) is 12.0. The Hall–Kier alpha value is -3.83. The summed E-state index contributed by atoms with van der Waals surface area (Å²) in [5.41, 5.74) is 3.19. The minimum atomic E-state index is -1.83. The van der Waals surface area contributed by atoms with Crippen LogP contribution in [0, 0.1) is 5.92 Å². The monoisotopic (exact) mass is 672 g/mol. The largest absolute Gasteiger partial charge is 0.394 e. The number of nitrogens with zero attached hydrogens (tertiary/aromatic N) is 3. The number of anilines is 2. The summed E-state index contributed by atoms with van der Waals surface area (Å²) in [6.07, 6.45) is 4.13. The van der Waals surface area contributed by atoms with Crippen molar-refractivity contribution >= 4 is 45.0 Å². The average molecular weight is 674 g/mol. The number of carbonyl (C=O) groups is 3. The van der Waals surface area contributed by atoms with E-state index in [2.05, 4.69) is 21.2 Å². The van der Waals surface area contributed by atoms with Gasteiger partial charge < -0.3 is 30.2 Å². The van der Waals surface area contributed by atoms with Crippen LogP contribution in [0.15, 0.2) is 83.4 Å². The quantitative estimate of drug-likeness (QED) is 0.315. The summed E-state index contributed by atoms with van der Waals surface area (Å²) in [5, 5.41) is 25.1. The molecule has 45 heavy (non-hydrogen) atoms. The van der Waals surface area contributed by atoms with Crippen molar-refractivity contribution in [2.75, 3.05) is 36.0 Å². The van der Waals surface area contributed by atoms with E-state index in [1.807, 2.05) is 60.7 Å². The Morgan fingerprint density at radius 2 is 1.87 bits per heavy atom. The zero-order chi connectivity index (χ0) is 31.7. The molecule has 0 aromatic heterocycles. The molecule has 10 heteroatoms. The summed E-state index contributed by atoms with van der Waals surface area (Å²) in [7, 11) is 0. The van der Waals surface area contributed by atoms with E-state index in [9.17, 15) is 24.6 Å². The highest BCUT2D eigenvalue weighted by atomic mass is 79.9. The molecule has 3 aromatic carbocycles. The van der Waals surface area contributed by atoms with Gasteiger partial charge in [-0.05, 0) is 53.4 Å². The number of aliphatic hydroxyl groups is 2. The second kappa shape index (κ2) is 12.9. The number of rotatable bonds is 8. The molecule has 6 rings (SSSR count). The van der Waals surface area contributed by atoms with Crippen LogP contribution in [-0.2, 0) is 39.5 Å². The number of piperazine rings is 1. The summed E-state index contributed by atoms with van der Waals surface area (Å²) in [6.45, 7) is 3.99. The Kier molecular flexibility index (Phi) is 8.92. The van der Waals surface area contributed by atoms with Crippen LogP contribution in [0.2, 0.25) is 0 Å². The van der Waals surface area contributed by atoms with Gasteiger partial charge in [-0.2, -0.15) is 0 Å². The molecule has 1 fully saturated rings. The summed E-state index contributed by atoms with van der Waals surface area (Å²) in [6, 6.07) is 20.7. The highest BCUT2D eigenvalue weighted by Gasteiger charge is 2.52. The maximum absolute atomic E-state index is 14.0. The van der Waals surface area contributed by atoms with Gasteiger partial charge in [0, 0.05) is 47.7 Å². The van der Waals surface area contributed by atoms with Crippen molar-refractivity contribution in [1.29, 1.82) is 0 Å². The molecule has 3 aliphatic heterocycles. The van der Waals surface area contributed by atoms with E-state index in [4.69, 9.17) is 0 Å². The predicted molar refractivity (Wildman–Crippen MR) is 175 cm³/mol. The molecule has 0 unspecified atom stereocenters. The number of amides is 3. The van der Waals surface area contributed by atoms with Gasteiger partial charge in [0.2, 0.25) is 11.8 Å². The van der Waals surface area contributed by atoms with Gasteiger partial charge >= 0.3 is 0 Å². The second-order valence-corrected chi connectivity index (χ2v) is 12.9. The fourth-order valence-electron chi connectivity index (χ4n) is 6.59. The maximum Gasteiger partial charge on any atom is 0.264 e. The highest BCUT2D eigenvalue weighted by Crippen LogP contribution is 2.46. The van der Waals surface area contributed by atoms with E-state index in [0.29, 0.717) is 37.3 Å². The maximum atomic E-state index is 14.0. The third kappa shape index (κ3) is 5.95. The van der Waals surface area contributed by atoms with Crippen LogP contribution in [0.25, 0.3) is 0 Å². The molecular weight excluding hydrogens is 636 g/mol. The first-order chi connectivity index (χ1) is 21.7. The summed E-state index contributed by atoms with van der Waals surface area (Å²) in [4.78, 5) is 44.6. The fraction of sp³-hybridized carbons (Fsp3) is 0.343. The number of aliphatic hydroxyl groups excluding tert-OH is 1. The zero-order valence-electron chi connectivity index (χ0n) is 25.2. The number of carbonyl (C=O) groups excluding carboxylic acids is 3. The van der Waals surface area contributed by atoms with Crippen LogP contribution in [0.3, 0.4) is 0 Å². The smallest absolute Gasteiger partial charge is 0.264 e. The van der Waals surface area contributed by atoms with Crippen molar-refractivity contribution < 1.29 is 24.6 Å². The van der Waals surface area contributed by atoms with Crippen molar-refractivity contribution in [2.24, 2.45) is 5.92 Å². The molecule has 234 valence electrons. The lowest BCUT2D eigenvalue weighted by Gasteiger charge is -2.36. The van der Waals surface area contributed by atoms with Gasteiger partial charge in [0.05, 0.1) is 31.4 Å². The van der Waals surface area contributed by atoms with Gasteiger partial charge in [0.1, 0.15) is 0 Å². The Labute approximate surface area is 271 Å². The number of halogens is 1. The number of nitrogens with one attached hydrogen (secondary N) is 1. The standard InChI is InChI=1S/C35H37BrN4O5/c1-23(5-4-8-32(42)39-21-26-7-3-2-6-25(26)17-29(39)22-41)35(45)30-18-27(36)11-14-31(30)40(34(35)44)20-24-9-12-28(13-10-24)38-16-15-37-19-33(38)43/h2-7,9-14,18,23,29,37,41,45H,8,15-17,19-22H2,1H3/b5-4+/t23-,29+,35+/m1/s1. The van der Waals surface area contributed by atoms with E-state index in [1.165, 1.54) is 0 Å². The Morgan fingerprint density at radius 3 is 2.60 bits per heavy atom. The first-order valence-corrected chi connectivity index (χ1v) is 16.1. The van der Waals surface area contributed by atoms with E-state index in [0.717, 1.165) is 33.4 Å². The van der Waals surface area contributed by atoms with Gasteiger partial charge in [0.15, 0.2) is 5.60 Å². The Bertz CT molecular complexity index is 1640. The normalized spacial score (nSPS) is 22.1. The lowest BCUT2D eigenvalue weighted by molar-refractivity contribution is -0.139. The van der Waals surface area contributed by atoms with E-state index in [-0.39, 0.29) is 37.4 Å². The van der Waals surface area contributed by atoms with Gasteiger partial charge in [-0.25, -0.2) is 0 Å². The minimum Gasteiger partial charge on any atom is -0.394 e. The molecule has 3 aromatic rings. The van der Waals surface area contributed by atoms with E-state index in [1.54, 1.807) is 39.8 Å². The molecule has 0 bridgehead atoms. The highest BCUT2D eigenvalue weighted by molar-refractivity contribution is 9.10.